The third-order valence-corrected chi connectivity index (χ3v) is 4.57. The molecular weight excluding hydrogens is 346 g/mol. The Bertz CT molecular complexity index is 1060. The normalized spacial score (nSPS) is 9.96. The number of aromatic nitrogens is 1. The number of rotatable bonds is 3. The molecule has 7 heteroatoms. The van der Waals surface area contributed by atoms with Crippen molar-refractivity contribution in [3.63, 3.8) is 0 Å². The first kappa shape index (κ1) is 17.2. The van der Waals surface area contributed by atoms with E-state index in [-0.39, 0.29) is 17.3 Å². The number of anilines is 2. The molecule has 3 aromatic rings. The average Bonchev–Trinajstić information content (AvgIpc) is 3.15. The number of carbonyl (C=O) groups excluding carboxylic acids is 1. The third-order valence-electron chi connectivity index (χ3n) is 3.70. The molecule has 0 saturated carbocycles. The van der Waals surface area contributed by atoms with Crippen molar-refractivity contribution in [2.45, 2.75) is 6.92 Å². The van der Waals surface area contributed by atoms with E-state index in [4.69, 9.17) is 5.73 Å². The number of benzene rings is 1. The SMILES string of the molecule is CC(=O)Nc1ccc(-c2c(C#N)c(N)nc(-c3cccs3)c2C#N)cc1. The van der Waals surface area contributed by atoms with E-state index in [1.807, 2.05) is 17.5 Å². The van der Waals surface area contributed by atoms with E-state index in [0.29, 0.717) is 28.1 Å². The standard InChI is InChI=1S/C19H13N5OS/c1-11(25)23-13-6-4-12(5-7-13)17-14(9-20)18(16-3-2-8-26-16)24-19(22)15(17)10-21/h2-8H,1H3,(H2,22,24)(H,23,25). The predicted octanol–water partition coefficient (Wildman–Crippen LogP) is 3.76. The summed E-state index contributed by atoms with van der Waals surface area (Å²) >= 11 is 1.44. The van der Waals surface area contributed by atoms with Gasteiger partial charge in [0.15, 0.2) is 0 Å². The van der Waals surface area contributed by atoms with Crippen molar-refractivity contribution in [3.8, 4) is 33.8 Å². The number of pyridine rings is 1. The second kappa shape index (κ2) is 7.06. The van der Waals surface area contributed by atoms with Crippen molar-refractivity contribution in [1.82, 2.24) is 4.98 Å². The first-order chi connectivity index (χ1) is 12.5. The van der Waals surface area contributed by atoms with Crippen LogP contribution in [-0.2, 0) is 4.79 Å². The molecule has 0 fully saturated rings. The highest BCUT2D eigenvalue weighted by molar-refractivity contribution is 7.13. The quantitative estimate of drug-likeness (QED) is 0.738. The van der Waals surface area contributed by atoms with Gasteiger partial charge in [0.1, 0.15) is 29.2 Å². The van der Waals surface area contributed by atoms with Gasteiger partial charge < -0.3 is 11.1 Å². The molecule has 2 aromatic heterocycles. The fraction of sp³-hybridized carbons (Fsp3) is 0.0526. The number of hydrogen-bond donors (Lipinski definition) is 2. The maximum absolute atomic E-state index is 11.2. The van der Waals surface area contributed by atoms with E-state index in [1.54, 1.807) is 24.3 Å². The van der Waals surface area contributed by atoms with Crippen LogP contribution in [0, 0.1) is 22.7 Å². The average molecular weight is 359 g/mol. The van der Waals surface area contributed by atoms with Crippen molar-refractivity contribution in [2.75, 3.05) is 11.1 Å². The molecule has 126 valence electrons. The summed E-state index contributed by atoms with van der Waals surface area (Å²) in [5.74, 6) is -0.0999. The largest absolute Gasteiger partial charge is 0.383 e. The molecule has 3 N–H and O–H groups in total. The molecule has 3 rings (SSSR count). The summed E-state index contributed by atoms with van der Waals surface area (Å²) in [7, 11) is 0. The summed E-state index contributed by atoms with van der Waals surface area (Å²) in [6.07, 6.45) is 0. The number of amides is 1. The zero-order chi connectivity index (χ0) is 18.7. The second-order valence-corrected chi connectivity index (χ2v) is 6.38. The molecule has 26 heavy (non-hydrogen) atoms. The van der Waals surface area contributed by atoms with Crippen LogP contribution >= 0.6 is 11.3 Å². The maximum atomic E-state index is 11.2. The summed E-state index contributed by atoms with van der Waals surface area (Å²) in [4.78, 5) is 16.3. The molecule has 0 saturated heterocycles. The molecule has 0 spiro atoms. The molecule has 1 aromatic carbocycles. The number of nitrogens with two attached hydrogens (primary N) is 1. The highest BCUT2D eigenvalue weighted by atomic mass is 32.1. The number of carbonyl (C=O) groups is 1. The molecule has 0 aliphatic rings. The van der Waals surface area contributed by atoms with Gasteiger partial charge in [0.05, 0.1) is 10.4 Å². The van der Waals surface area contributed by atoms with Gasteiger partial charge in [0.2, 0.25) is 5.91 Å². The number of nitrogens with zero attached hydrogens (tertiary/aromatic N) is 3. The van der Waals surface area contributed by atoms with Crippen LogP contribution in [0.5, 0.6) is 0 Å². The fourth-order valence-corrected chi connectivity index (χ4v) is 3.35. The number of nitriles is 2. The summed E-state index contributed by atoms with van der Waals surface area (Å²) in [6, 6.07) is 14.8. The molecule has 0 bridgehead atoms. The van der Waals surface area contributed by atoms with Crippen molar-refractivity contribution >= 4 is 28.7 Å². The minimum atomic E-state index is -0.179. The van der Waals surface area contributed by atoms with E-state index in [1.165, 1.54) is 18.3 Å². The van der Waals surface area contributed by atoms with E-state index in [9.17, 15) is 15.3 Å². The first-order valence-corrected chi connectivity index (χ1v) is 8.48. The van der Waals surface area contributed by atoms with Crippen LogP contribution in [0.15, 0.2) is 41.8 Å². The molecule has 1 amide bonds. The van der Waals surface area contributed by atoms with Gasteiger partial charge in [0, 0.05) is 18.2 Å². The molecule has 0 aliphatic heterocycles. The lowest BCUT2D eigenvalue weighted by atomic mass is 9.94. The van der Waals surface area contributed by atoms with E-state index < -0.39 is 0 Å². The topological polar surface area (TPSA) is 116 Å². The lowest BCUT2D eigenvalue weighted by molar-refractivity contribution is -0.114. The monoisotopic (exact) mass is 359 g/mol. The Labute approximate surface area is 154 Å². The van der Waals surface area contributed by atoms with Crippen molar-refractivity contribution in [1.29, 1.82) is 10.5 Å². The lowest BCUT2D eigenvalue weighted by Gasteiger charge is -2.13. The van der Waals surface area contributed by atoms with Crippen LogP contribution in [0.25, 0.3) is 21.7 Å². The van der Waals surface area contributed by atoms with Crippen LogP contribution in [0.4, 0.5) is 11.5 Å². The highest BCUT2D eigenvalue weighted by Crippen LogP contribution is 2.37. The van der Waals surface area contributed by atoms with Crippen molar-refractivity contribution in [3.05, 3.63) is 52.9 Å². The number of nitrogen functional groups attached to an aromatic ring is 1. The van der Waals surface area contributed by atoms with Crippen LogP contribution in [0.1, 0.15) is 18.1 Å². The van der Waals surface area contributed by atoms with E-state index in [0.717, 1.165) is 4.88 Å². The van der Waals surface area contributed by atoms with Crippen molar-refractivity contribution in [2.24, 2.45) is 0 Å². The van der Waals surface area contributed by atoms with Gasteiger partial charge in [-0.3, -0.25) is 4.79 Å². The molecular formula is C19H13N5OS. The van der Waals surface area contributed by atoms with Crippen LogP contribution in [-0.4, -0.2) is 10.9 Å². The smallest absolute Gasteiger partial charge is 0.221 e. The van der Waals surface area contributed by atoms with Gasteiger partial charge in [-0.05, 0) is 29.1 Å². The zero-order valence-electron chi connectivity index (χ0n) is 13.8. The van der Waals surface area contributed by atoms with Gasteiger partial charge in [0.25, 0.3) is 0 Å². The van der Waals surface area contributed by atoms with Gasteiger partial charge in [-0.1, -0.05) is 18.2 Å². The minimum absolute atomic E-state index is 0.0795. The Morgan fingerprint density at radius 3 is 2.38 bits per heavy atom. The van der Waals surface area contributed by atoms with Crippen LogP contribution in [0.2, 0.25) is 0 Å². The lowest BCUT2D eigenvalue weighted by Crippen LogP contribution is -2.06. The number of thiophene rings is 1. The van der Waals surface area contributed by atoms with E-state index >= 15 is 0 Å². The molecule has 0 aliphatic carbocycles. The second-order valence-electron chi connectivity index (χ2n) is 5.43. The molecule has 6 nitrogen and oxygen atoms in total. The minimum Gasteiger partial charge on any atom is -0.383 e. The number of nitrogens with one attached hydrogen (secondary N) is 1. The Kier molecular flexibility index (Phi) is 4.66. The third kappa shape index (κ3) is 3.12. The molecule has 0 atom stereocenters. The van der Waals surface area contributed by atoms with Gasteiger partial charge in [-0.15, -0.1) is 11.3 Å². The summed E-state index contributed by atoms with van der Waals surface area (Å²) in [6.45, 7) is 1.42. The zero-order valence-corrected chi connectivity index (χ0v) is 14.6. The summed E-state index contributed by atoms with van der Waals surface area (Å²) in [5, 5.41) is 23.9. The van der Waals surface area contributed by atoms with Gasteiger partial charge in [-0.25, -0.2) is 4.98 Å². The van der Waals surface area contributed by atoms with Gasteiger partial charge in [-0.2, -0.15) is 10.5 Å². The molecule has 0 unspecified atom stereocenters. The molecule has 0 radical (unpaired) electrons. The van der Waals surface area contributed by atoms with E-state index in [2.05, 4.69) is 22.4 Å². The highest BCUT2D eigenvalue weighted by Gasteiger charge is 2.21. The summed E-state index contributed by atoms with van der Waals surface area (Å²) < 4.78 is 0. The predicted molar refractivity (Wildman–Crippen MR) is 101 cm³/mol. The Hall–Kier alpha value is -3.68. The maximum Gasteiger partial charge on any atom is 0.221 e. The van der Waals surface area contributed by atoms with Crippen molar-refractivity contribution < 1.29 is 4.79 Å². The Morgan fingerprint density at radius 2 is 1.85 bits per heavy atom. The van der Waals surface area contributed by atoms with Gasteiger partial charge >= 0.3 is 0 Å². The van der Waals surface area contributed by atoms with Crippen LogP contribution in [0.3, 0.4) is 0 Å². The summed E-state index contributed by atoms with van der Waals surface area (Å²) in [5.41, 5.74) is 8.64. The molecule has 2 heterocycles. The van der Waals surface area contributed by atoms with Crippen LogP contribution < -0.4 is 11.1 Å². The fourth-order valence-electron chi connectivity index (χ4n) is 2.63. The Balaban J connectivity index is 2.24. The number of hydrogen-bond acceptors (Lipinski definition) is 6. The Morgan fingerprint density at radius 1 is 1.15 bits per heavy atom. The first-order valence-electron chi connectivity index (χ1n) is 7.60.